The molecule has 1 heterocycles. The van der Waals surface area contributed by atoms with E-state index in [0.29, 0.717) is 29.7 Å². The van der Waals surface area contributed by atoms with E-state index >= 15 is 0 Å². The van der Waals surface area contributed by atoms with E-state index in [1.807, 2.05) is 47.9 Å². The predicted octanol–water partition coefficient (Wildman–Crippen LogP) is 3.78. The van der Waals surface area contributed by atoms with Crippen molar-refractivity contribution in [3.63, 3.8) is 0 Å². The van der Waals surface area contributed by atoms with Gasteiger partial charge in [0.2, 0.25) is 0 Å². The Hall–Kier alpha value is -2.04. The minimum atomic E-state index is -0.112. The summed E-state index contributed by atoms with van der Waals surface area (Å²) in [7, 11) is 0. The molecule has 0 unspecified atom stereocenters. The van der Waals surface area contributed by atoms with E-state index in [0.717, 1.165) is 16.6 Å². The number of halogens is 1. The smallest absolute Gasteiger partial charge is 0.135 e. The van der Waals surface area contributed by atoms with Gasteiger partial charge < -0.3 is 14.4 Å². The van der Waals surface area contributed by atoms with Crippen LogP contribution in [0.2, 0.25) is 5.02 Å². The first-order chi connectivity index (χ1) is 10.7. The van der Waals surface area contributed by atoms with Gasteiger partial charge in [0.25, 0.3) is 0 Å². The van der Waals surface area contributed by atoms with Crippen molar-refractivity contribution in [1.82, 2.24) is 9.55 Å². The maximum Gasteiger partial charge on any atom is 0.135 e. The third-order valence-electron chi connectivity index (χ3n) is 3.55. The van der Waals surface area contributed by atoms with Crippen LogP contribution in [-0.2, 0) is 19.8 Å². The fraction of sp³-hybridized carbons (Fsp3) is 0.235. The molecule has 0 radical (unpaired) electrons. The van der Waals surface area contributed by atoms with E-state index in [4.69, 9.17) is 16.3 Å². The topological polar surface area (TPSA) is 47.3 Å². The third-order valence-corrected chi connectivity index (χ3v) is 3.84. The largest absolute Gasteiger partial charge is 0.489 e. The molecule has 0 aliphatic heterocycles. The summed E-state index contributed by atoms with van der Waals surface area (Å²) < 4.78 is 7.72. The van der Waals surface area contributed by atoms with Crippen LogP contribution in [-0.4, -0.2) is 14.7 Å². The Morgan fingerprint density at radius 3 is 2.68 bits per heavy atom. The van der Waals surface area contributed by atoms with Crippen LogP contribution in [0.1, 0.15) is 18.3 Å². The Morgan fingerprint density at radius 2 is 2.00 bits per heavy atom. The summed E-state index contributed by atoms with van der Waals surface area (Å²) >= 11 is 6.38. The second-order valence-electron chi connectivity index (χ2n) is 4.98. The van der Waals surface area contributed by atoms with Crippen molar-refractivity contribution in [1.29, 1.82) is 0 Å². The summed E-state index contributed by atoms with van der Waals surface area (Å²) in [4.78, 5) is 4.43. The van der Waals surface area contributed by atoms with Crippen LogP contribution in [0.3, 0.4) is 0 Å². The molecule has 22 heavy (non-hydrogen) atoms. The van der Waals surface area contributed by atoms with Crippen molar-refractivity contribution in [3.8, 4) is 5.75 Å². The summed E-state index contributed by atoms with van der Waals surface area (Å²) in [5.41, 5.74) is 2.66. The van der Waals surface area contributed by atoms with Crippen LogP contribution in [0.25, 0.3) is 11.0 Å². The zero-order valence-corrected chi connectivity index (χ0v) is 13.0. The van der Waals surface area contributed by atoms with E-state index in [-0.39, 0.29) is 6.61 Å². The fourth-order valence-electron chi connectivity index (χ4n) is 2.53. The molecule has 2 aromatic carbocycles. The molecule has 0 aliphatic carbocycles. The highest BCUT2D eigenvalue weighted by atomic mass is 35.5. The average molecular weight is 317 g/mol. The number of nitrogens with zero attached hydrogens (tertiary/aromatic N) is 2. The number of aliphatic hydroxyl groups is 1. The van der Waals surface area contributed by atoms with Gasteiger partial charge in [-0.1, -0.05) is 41.9 Å². The molecule has 114 valence electrons. The second-order valence-corrected chi connectivity index (χ2v) is 5.38. The van der Waals surface area contributed by atoms with Gasteiger partial charge in [-0.25, -0.2) is 4.98 Å². The zero-order valence-electron chi connectivity index (χ0n) is 12.3. The first-order valence-electron chi connectivity index (χ1n) is 7.19. The van der Waals surface area contributed by atoms with Gasteiger partial charge in [0.15, 0.2) is 0 Å². The molecular formula is C17H17ClN2O2. The van der Waals surface area contributed by atoms with Crippen LogP contribution >= 0.6 is 11.6 Å². The van der Waals surface area contributed by atoms with Crippen molar-refractivity contribution in [2.45, 2.75) is 26.7 Å². The summed E-state index contributed by atoms with van der Waals surface area (Å²) in [6, 6.07) is 13.6. The summed E-state index contributed by atoms with van der Waals surface area (Å²) in [6.07, 6.45) is 0. The van der Waals surface area contributed by atoms with Crippen molar-refractivity contribution in [2.75, 3.05) is 0 Å². The van der Waals surface area contributed by atoms with Gasteiger partial charge >= 0.3 is 0 Å². The summed E-state index contributed by atoms with van der Waals surface area (Å²) in [5.74, 6) is 1.28. The molecule has 0 amide bonds. The molecule has 0 fully saturated rings. The van der Waals surface area contributed by atoms with Crippen molar-refractivity contribution in [2.24, 2.45) is 0 Å². The molecule has 0 bridgehead atoms. The maximum absolute atomic E-state index is 9.41. The van der Waals surface area contributed by atoms with Crippen LogP contribution in [0.5, 0.6) is 5.75 Å². The Morgan fingerprint density at radius 1 is 1.23 bits per heavy atom. The number of ether oxygens (including phenoxy) is 1. The summed E-state index contributed by atoms with van der Waals surface area (Å²) in [6.45, 7) is 3.07. The molecule has 0 saturated heterocycles. The van der Waals surface area contributed by atoms with Crippen LogP contribution in [0.15, 0.2) is 42.5 Å². The number of aliphatic hydroxyl groups excluding tert-OH is 1. The van der Waals surface area contributed by atoms with Crippen molar-refractivity contribution >= 4 is 22.6 Å². The second kappa shape index (κ2) is 6.38. The lowest BCUT2D eigenvalue weighted by atomic mass is 10.2. The molecular weight excluding hydrogens is 300 g/mol. The molecule has 0 saturated carbocycles. The molecule has 1 aromatic heterocycles. The first-order valence-corrected chi connectivity index (χ1v) is 7.57. The molecule has 5 heteroatoms. The van der Waals surface area contributed by atoms with Crippen molar-refractivity contribution < 1.29 is 9.84 Å². The highest BCUT2D eigenvalue weighted by molar-refractivity contribution is 6.35. The van der Waals surface area contributed by atoms with Crippen molar-refractivity contribution in [3.05, 3.63) is 58.9 Å². The van der Waals surface area contributed by atoms with E-state index < -0.39 is 0 Å². The molecule has 0 spiro atoms. The number of fused-ring (bicyclic) bond motifs is 1. The van der Waals surface area contributed by atoms with Crippen LogP contribution < -0.4 is 4.74 Å². The van der Waals surface area contributed by atoms with Gasteiger partial charge in [0.05, 0.1) is 16.1 Å². The number of hydrogen-bond donors (Lipinski definition) is 1. The Labute approximate surface area is 133 Å². The SMILES string of the molecule is CCn1c(CO)nc2cc(OCc3ccccc3)cc(Cl)c21. The lowest BCUT2D eigenvalue weighted by Gasteiger charge is -2.08. The number of aryl methyl sites for hydroxylation is 1. The predicted molar refractivity (Wildman–Crippen MR) is 87.1 cm³/mol. The number of benzene rings is 2. The standard InChI is InChI=1S/C17H17ClN2O2/c1-2-20-16(10-21)19-15-9-13(8-14(18)17(15)20)22-11-12-6-4-3-5-7-12/h3-9,21H,2,10-11H2,1H3. The normalized spacial score (nSPS) is 11.0. The van der Waals surface area contributed by atoms with E-state index in [1.54, 1.807) is 6.07 Å². The molecule has 3 aromatic rings. The molecule has 1 N–H and O–H groups in total. The highest BCUT2D eigenvalue weighted by Gasteiger charge is 2.13. The number of hydrogen-bond acceptors (Lipinski definition) is 3. The van der Waals surface area contributed by atoms with E-state index in [2.05, 4.69) is 4.98 Å². The Balaban J connectivity index is 1.92. The van der Waals surface area contributed by atoms with Gasteiger partial charge in [-0.2, -0.15) is 0 Å². The molecule has 3 rings (SSSR count). The Bertz CT molecular complexity index is 784. The molecule has 0 atom stereocenters. The van der Waals surface area contributed by atoms with Gasteiger partial charge in [-0.15, -0.1) is 0 Å². The first kappa shape index (κ1) is 14.9. The van der Waals surface area contributed by atoms with Gasteiger partial charge in [0, 0.05) is 18.7 Å². The summed E-state index contributed by atoms with van der Waals surface area (Å²) in [5, 5.41) is 9.98. The minimum absolute atomic E-state index is 0.112. The third kappa shape index (κ3) is 2.80. The number of rotatable bonds is 5. The molecule has 0 aliphatic rings. The lowest BCUT2D eigenvalue weighted by molar-refractivity contribution is 0.266. The number of aromatic nitrogens is 2. The van der Waals surface area contributed by atoms with Gasteiger partial charge in [-0.3, -0.25) is 0 Å². The van der Waals surface area contributed by atoms with Crippen LogP contribution in [0, 0.1) is 0 Å². The average Bonchev–Trinajstić information content (AvgIpc) is 2.92. The van der Waals surface area contributed by atoms with Gasteiger partial charge in [-0.05, 0) is 12.5 Å². The zero-order chi connectivity index (χ0) is 15.5. The monoisotopic (exact) mass is 316 g/mol. The number of imidazole rings is 1. The molecule has 4 nitrogen and oxygen atoms in total. The lowest BCUT2D eigenvalue weighted by Crippen LogP contribution is -2.01. The van der Waals surface area contributed by atoms with Gasteiger partial charge in [0.1, 0.15) is 24.8 Å². The Kier molecular flexibility index (Phi) is 4.32. The van der Waals surface area contributed by atoms with E-state index in [9.17, 15) is 5.11 Å². The fourth-order valence-corrected chi connectivity index (χ4v) is 2.83. The minimum Gasteiger partial charge on any atom is -0.489 e. The quantitative estimate of drug-likeness (QED) is 0.779. The van der Waals surface area contributed by atoms with E-state index in [1.165, 1.54) is 0 Å². The highest BCUT2D eigenvalue weighted by Crippen LogP contribution is 2.30. The van der Waals surface area contributed by atoms with Crippen LogP contribution in [0.4, 0.5) is 0 Å². The maximum atomic E-state index is 9.41.